The molecule has 74 valence electrons. The zero-order valence-corrected chi connectivity index (χ0v) is 8.18. The minimum Gasteiger partial charge on any atom is -0.478 e. The van der Waals surface area contributed by atoms with Gasteiger partial charge in [-0.3, -0.25) is 0 Å². The molecule has 0 aliphatic carbocycles. The standard InChI is InChI=1S/C10H8ClFO2/c1-6-4-7(2-3-9(13)14)5-8(12)10(6)11/h2-5H,1H3,(H,13,14)/b3-2+. The van der Waals surface area contributed by atoms with Gasteiger partial charge in [0, 0.05) is 6.08 Å². The third kappa shape index (κ3) is 2.57. The van der Waals surface area contributed by atoms with Gasteiger partial charge in [-0.05, 0) is 30.2 Å². The fourth-order valence-electron chi connectivity index (χ4n) is 1.02. The van der Waals surface area contributed by atoms with E-state index in [1.54, 1.807) is 13.0 Å². The summed E-state index contributed by atoms with van der Waals surface area (Å²) in [7, 11) is 0. The summed E-state index contributed by atoms with van der Waals surface area (Å²) < 4.78 is 13.1. The fraction of sp³-hybridized carbons (Fsp3) is 0.100. The van der Waals surface area contributed by atoms with E-state index >= 15 is 0 Å². The summed E-state index contributed by atoms with van der Waals surface area (Å²) in [6.07, 6.45) is 2.26. The molecule has 0 heterocycles. The SMILES string of the molecule is Cc1cc(/C=C/C(=O)O)cc(F)c1Cl. The maximum Gasteiger partial charge on any atom is 0.328 e. The van der Waals surface area contributed by atoms with E-state index in [0.717, 1.165) is 6.08 Å². The third-order valence-corrected chi connectivity index (χ3v) is 2.13. The van der Waals surface area contributed by atoms with Crippen LogP contribution in [0.2, 0.25) is 5.02 Å². The number of carboxylic acid groups (broad SMARTS) is 1. The molecule has 0 aliphatic rings. The van der Waals surface area contributed by atoms with Crippen molar-refractivity contribution in [2.75, 3.05) is 0 Å². The van der Waals surface area contributed by atoms with Crippen LogP contribution in [0.5, 0.6) is 0 Å². The number of aliphatic carboxylic acids is 1. The molecule has 1 N–H and O–H groups in total. The number of carboxylic acids is 1. The number of benzene rings is 1. The first-order valence-corrected chi connectivity index (χ1v) is 4.25. The van der Waals surface area contributed by atoms with Crippen molar-refractivity contribution in [3.8, 4) is 0 Å². The molecule has 1 aromatic carbocycles. The summed E-state index contributed by atoms with van der Waals surface area (Å²) in [5.41, 5.74) is 1.06. The number of rotatable bonds is 2. The average molecular weight is 215 g/mol. The van der Waals surface area contributed by atoms with Gasteiger partial charge < -0.3 is 5.11 Å². The van der Waals surface area contributed by atoms with Crippen molar-refractivity contribution in [3.05, 3.63) is 40.2 Å². The minimum absolute atomic E-state index is 0.0671. The molecule has 0 saturated heterocycles. The van der Waals surface area contributed by atoms with Crippen molar-refractivity contribution >= 4 is 23.6 Å². The highest BCUT2D eigenvalue weighted by molar-refractivity contribution is 6.31. The number of hydrogen-bond donors (Lipinski definition) is 1. The van der Waals surface area contributed by atoms with Crippen LogP contribution in [0.15, 0.2) is 18.2 Å². The van der Waals surface area contributed by atoms with Gasteiger partial charge >= 0.3 is 5.97 Å². The Balaban J connectivity index is 3.07. The topological polar surface area (TPSA) is 37.3 Å². The molecule has 0 spiro atoms. The van der Waals surface area contributed by atoms with Gasteiger partial charge in [0.05, 0.1) is 5.02 Å². The molecule has 0 bridgehead atoms. The van der Waals surface area contributed by atoms with Crippen LogP contribution in [0.25, 0.3) is 6.08 Å². The summed E-state index contributed by atoms with van der Waals surface area (Å²) in [5, 5.41) is 8.43. The van der Waals surface area contributed by atoms with Crippen molar-refractivity contribution in [2.24, 2.45) is 0 Å². The van der Waals surface area contributed by atoms with Gasteiger partial charge in [-0.1, -0.05) is 17.7 Å². The molecule has 4 heteroatoms. The van der Waals surface area contributed by atoms with Crippen LogP contribution >= 0.6 is 11.6 Å². The fourth-order valence-corrected chi connectivity index (χ4v) is 1.13. The second kappa shape index (κ2) is 4.24. The number of halogens is 2. The number of carbonyl (C=O) groups is 1. The van der Waals surface area contributed by atoms with Gasteiger partial charge in [0.25, 0.3) is 0 Å². The molecule has 0 radical (unpaired) electrons. The van der Waals surface area contributed by atoms with E-state index < -0.39 is 11.8 Å². The molecule has 0 amide bonds. The van der Waals surface area contributed by atoms with Crippen LogP contribution in [0, 0.1) is 12.7 Å². The summed E-state index contributed by atoms with van der Waals surface area (Å²) in [4.78, 5) is 10.2. The van der Waals surface area contributed by atoms with Crippen molar-refractivity contribution in [1.82, 2.24) is 0 Å². The van der Waals surface area contributed by atoms with E-state index in [-0.39, 0.29) is 5.02 Å². The van der Waals surface area contributed by atoms with E-state index in [1.165, 1.54) is 12.1 Å². The first kappa shape index (κ1) is 10.7. The van der Waals surface area contributed by atoms with E-state index in [2.05, 4.69) is 0 Å². The molecule has 0 saturated carbocycles. The van der Waals surface area contributed by atoms with Crippen LogP contribution in [0.3, 0.4) is 0 Å². The van der Waals surface area contributed by atoms with Gasteiger partial charge in [-0.2, -0.15) is 0 Å². The molecule has 1 rings (SSSR count). The summed E-state index contributed by atoms with van der Waals surface area (Å²) in [6, 6.07) is 2.81. The Morgan fingerprint density at radius 3 is 2.71 bits per heavy atom. The number of hydrogen-bond acceptors (Lipinski definition) is 1. The van der Waals surface area contributed by atoms with E-state index in [1.807, 2.05) is 0 Å². The average Bonchev–Trinajstić information content (AvgIpc) is 2.10. The lowest BCUT2D eigenvalue weighted by Gasteiger charge is -2.01. The Morgan fingerprint density at radius 1 is 1.57 bits per heavy atom. The first-order chi connectivity index (χ1) is 6.50. The Hall–Kier alpha value is -1.35. The molecule has 14 heavy (non-hydrogen) atoms. The van der Waals surface area contributed by atoms with Crippen molar-refractivity contribution in [1.29, 1.82) is 0 Å². The van der Waals surface area contributed by atoms with Gasteiger partial charge in [0.1, 0.15) is 5.82 Å². The quantitative estimate of drug-likeness (QED) is 0.769. The minimum atomic E-state index is -1.07. The van der Waals surface area contributed by atoms with Gasteiger partial charge in [0.15, 0.2) is 0 Å². The Bertz CT molecular complexity index is 376. The van der Waals surface area contributed by atoms with Crippen LogP contribution in [-0.4, -0.2) is 11.1 Å². The largest absolute Gasteiger partial charge is 0.478 e. The molecule has 0 aromatic heterocycles. The second-order valence-corrected chi connectivity index (χ2v) is 3.18. The van der Waals surface area contributed by atoms with Crippen LogP contribution in [0.4, 0.5) is 4.39 Å². The van der Waals surface area contributed by atoms with Gasteiger partial charge in [-0.15, -0.1) is 0 Å². The Morgan fingerprint density at radius 2 is 2.21 bits per heavy atom. The lowest BCUT2D eigenvalue weighted by atomic mass is 10.1. The summed E-state index contributed by atoms with van der Waals surface area (Å²) >= 11 is 5.60. The monoisotopic (exact) mass is 214 g/mol. The third-order valence-electron chi connectivity index (χ3n) is 1.65. The zero-order valence-electron chi connectivity index (χ0n) is 7.42. The molecule has 2 nitrogen and oxygen atoms in total. The maximum atomic E-state index is 13.1. The van der Waals surface area contributed by atoms with E-state index in [0.29, 0.717) is 11.1 Å². The lowest BCUT2D eigenvalue weighted by Crippen LogP contribution is -1.88. The zero-order chi connectivity index (χ0) is 10.7. The van der Waals surface area contributed by atoms with Crippen molar-refractivity contribution < 1.29 is 14.3 Å². The summed E-state index contributed by atoms with van der Waals surface area (Å²) in [6.45, 7) is 1.66. The highest BCUT2D eigenvalue weighted by Crippen LogP contribution is 2.21. The lowest BCUT2D eigenvalue weighted by molar-refractivity contribution is -0.131. The summed E-state index contributed by atoms with van der Waals surface area (Å²) in [5.74, 6) is -1.62. The molecule has 0 aliphatic heterocycles. The van der Waals surface area contributed by atoms with E-state index in [9.17, 15) is 9.18 Å². The highest BCUT2D eigenvalue weighted by atomic mass is 35.5. The van der Waals surface area contributed by atoms with E-state index in [4.69, 9.17) is 16.7 Å². The van der Waals surface area contributed by atoms with Crippen molar-refractivity contribution in [3.63, 3.8) is 0 Å². The molecule has 1 aromatic rings. The molecule has 0 fully saturated rings. The molecule has 0 atom stereocenters. The predicted octanol–water partition coefficient (Wildman–Crippen LogP) is 2.89. The highest BCUT2D eigenvalue weighted by Gasteiger charge is 2.03. The second-order valence-electron chi connectivity index (χ2n) is 2.81. The van der Waals surface area contributed by atoms with Gasteiger partial charge in [-0.25, -0.2) is 9.18 Å². The predicted molar refractivity (Wildman–Crippen MR) is 52.8 cm³/mol. The molecular weight excluding hydrogens is 207 g/mol. The molecule has 0 unspecified atom stereocenters. The first-order valence-electron chi connectivity index (χ1n) is 3.87. The number of aryl methyl sites for hydroxylation is 1. The Labute approximate surface area is 85.6 Å². The van der Waals surface area contributed by atoms with Gasteiger partial charge in [0.2, 0.25) is 0 Å². The smallest absolute Gasteiger partial charge is 0.328 e. The van der Waals surface area contributed by atoms with Crippen LogP contribution < -0.4 is 0 Å². The van der Waals surface area contributed by atoms with Crippen LogP contribution in [-0.2, 0) is 4.79 Å². The normalized spacial score (nSPS) is 10.8. The maximum absolute atomic E-state index is 13.1. The molecular formula is C10H8ClFO2. The van der Waals surface area contributed by atoms with Crippen molar-refractivity contribution in [2.45, 2.75) is 6.92 Å². The van der Waals surface area contributed by atoms with Crippen LogP contribution in [0.1, 0.15) is 11.1 Å². The Kier molecular flexibility index (Phi) is 3.25.